The van der Waals surface area contributed by atoms with Gasteiger partial charge in [-0.05, 0) is 65.4 Å². The van der Waals surface area contributed by atoms with Gasteiger partial charge in [-0.15, -0.1) is 0 Å². The van der Waals surface area contributed by atoms with Gasteiger partial charge in [-0.3, -0.25) is 4.79 Å². The molecule has 5 heteroatoms. The Bertz CT molecular complexity index is 1200. The van der Waals surface area contributed by atoms with E-state index < -0.39 is 0 Å². The van der Waals surface area contributed by atoms with E-state index in [2.05, 4.69) is 55.4 Å². The van der Waals surface area contributed by atoms with Crippen LogP contribution in [0.25, 0.3) is 11.1 Å². The normalized spacial score (nSPS) is 11.5. The Balaban J connectivity index is 1.48. The highest BCUT2D eigenvalue weighted by molar-refractivity contribution is 6.05. The van der Waals surface area contributed by atoms with Crippen molar-refractivity contribution in [2.75, 3.05) is 10.6 Å². The minimum Gasteiger partial charge on any atom is -0.423 e. The van der Waals surface area contributed by atoms with Gasteiger partial charge in [0.2, 0.25) is 0 Å². The Labute approximate surface area is 182 Å². The molecular weight excluding hydrogens is 386 g/mol. The average Bonchev–Trinajstić information content (AvgIpc) is 3.15. The van der Waals surface area contributed by atoms with Gasteiger partial charge in [-0.2, -0.15) is 4.98 Å². The number of benzene rings is 3. The molecule has 0 aliphatic carbocycles. The number of carbonyl (C=O) groups excluding carboxylic acids is 1. The van der Waals surface area contributed by atoms with E-state index in [1.807, 2.05) is 54.6 Å². The Morgan fingerprint density at radius 3 is 2.26 bits per heavy atom. The van der Waals surface area contributed by atoms with E-state index in [9.17, 15) is 4.79 Å². The summed E-state index contributed by atoms with van der Waals surface area (Å²) in [5.41, 5.74) is 6.05. The molecule has 2 N–H and O–H groups in total. The van der Waals surface area contributed by atoms with Crippen molar-refractivity contribution < 1.29 is 9.21 Å². The van der Waals surface area contributed by atoms with Crippen LogP contribution in [-0.4, -0.2) is 10.9 Å². The molecule has 0 atom stereocenters. The highest BCUT2D eigenvalue weighted by Crippen LogP contribution is 2.26. The molecule has 0 saturated heterocycles. The first-order chi connectivity index (χ1) is 14.8. The third-order valence-electron chi connectivity index (χ3n) is 5.27. The Hall–Kier alpha value is -3.60. The smallest absolute Gasteiger partial charge is 0.300 e. The van der Waals surface area contributed by atoms with Crippen molar-refractivity contribution in [3.63, 3.8) is 0 Å². The van der Waals surface area contributed by atoms with Crippen molar-refractivity contribution in [2.24, 2.45) is 0 Å². The first-order valence-corrected chi connectivity index (χ1v) is 10.5. The summed E-state index contributed by atoms with van der Waals surface area (Å²) in [6.07, 6.45) is 0.998. The van der Waals surface area contributed by atoms with Crippen LogP contribution in [0.3, 0.4) is 0 Å². The molecule has 1 amide bonds. The van der Waals surface area contributed by atoms with Gasteiger partial charge in [-0.1, -0.05) is 52.0 Å². The molecule has 0 unspecified atom stereocenters. The molecule has 31 heavy (non-hydrogen) atoms. The van der Waals surface area contributed by atoms with Crippen molar-refractivity contribution in [2.45, 2.75) is 39.5 Å². The fourth-order valence-electron chi connectivity index (χ4n) is 3.33. The number of oxazole rings is 1. The Kier molecular flexibility index (Phi) is 5.51. The lowest BCUT2D eigenvalue weighted by molar-refractivity contribution is 0.102. The third-order valence-corrected chi connectivity index (χ3v) is 5.27. The van der Waals surface area contributed by atoms with E-state index in [0.717, 1.165) is 12.1 Å². The molecule has 0 spiro atoms. The predicted molar refractivity (Wildman–Crippen MR) is 126 cm³/mol. The molecular formula is C26H27N3O2. The lowest BCUT2D eigenvalue weighted by Crippen LogP contribution is -2.14. The van der Waals surface area contributed by atoms with Crippen LogP contribution < -0.4 is 10.6 Å². The second-order valence-electron chi connectivity index (χ2n) is 8.66. The van der Waals surface area contributed by atoms with E-state index in [4.69, 9.17) is 4.42 Å². The average molecular weight is 414 g/mol. The number of carbonyl (C=O) groups is 1. The molecule has 3 aromatic carbocycles. The number of aryl methyl sites for hydroxylation is 1. The monoisotopic (exact) mass is 413 g/mol. The molecule has 0 saturated carbocycles. The van der Waals surface area contributed by atoms with Crippen molar-refractivity contribution in [3.05, 3.63) is 83.4 Å². The summed E-state index contributed by atoms with van der Waals surface area (Å²) >= 11 is 0. The van der Waals surface area contributed by atoms with Gasteiger partial charge in [0.25, 0.3) is 11.9 Å². The van der Waals surface area contributed by atoms with Crippen LogP contribution in [-0.2, 0) is 11.8 Å². The summed E-state index contributed by atoms with van der Waals surface area (Å²) in [5, 5.41) is 6.12. The number of nitrogens with one attached hydrogen (secondary N) is 2. The summed E-state index contributed by atoms with van der Waals surface area (Å²) in [7, 11) is 0. The van der Waals surface area contributed by atoms with Crippen molar-refractivity contribution in [3.8, 4) is 0 Å². The van der Waals surface area contributed by atoms with Crippen LogP contribution in [0.1, 0.15) is 49.2 Å². The van der Waals surface area contributed by atoms with Crippen LogP contribution in [0, 0.1) is 0 Å². The molecule has 4 aromatic rings. The summed E-state index contributed by atoms with van der Waals surface area (Å²) in [4.78, 5) is 17.1. The lowest BCUT2D eigenvalue weighted by atomic mass is 9.87. The largest absolute Gasteiger partial charge is 0.423 e. The highest BCUT2D eigenvalue weighted by atomic mass is 16.4. The molecule has 0 aliphatic heterocycles. The first-order valence-electron chi connectivity index (χ1n) is 10.5. The number of rotatable bonds is 5. The van der Waals surface area contributed by atoms with E-state index >= 15 is 0 Å². The molecule has 0 bridgehead atoms. The van der Waals surface area contributed by atoms with Gasteiger partial charge in [0, 0.05) is 16.9 Å². The van der Waals surface area contributed by atoms with Crippen molar-refractivity contribution in [1.82, 2.24) is 4.98 Å². The molecule has 0 fully saturated rings. The van der Waals surface area contributed by atoms with E-state index in [-0.39, 0.29) is 11.3 Å². The number of amides is 1. The lowest BCUT2D eigenvalue weighted by Gasteiger charge is -2.19. The zero-order chi connectivity index (χ0) is 22.0. The second-order valence-corrected chi connectivity index (χ2v) is 8.66. The second kappa shape index (κ2) is 8.26. The highest BCUT2D eigenvalue weighted by Gasteiger charge is 2.15. The topological polar surface area (TPSA) is 67.2 Å². The molecule has 0 aliphatic rings. The fraction of sp³-hybridized carbons (Fsp3) is 0.231. The zero-order valence-electron chi connectivity index (χ0n) is 18.3. The standard InChI is InChI=1S/C26H27N3O2/c1-5-17-6-12-20(13-7-17)28-25-29-22-16-21(14-15-23(22)31-25)27-24(30)18-8-10-19(11-9-18)26(2,3)4/h6-16H,5H2,1-4H3,(H,27,30)(H,28,29). The van der Waals surface area contributed by atoms with Crippen LogP contribution in [0.5, 0.6) is 0 Å². The van der Waals surface area contributed by atoms with Crippen LogP contribution in [0.2, 0.25) is 0 Å². The maximum absolute atomic E-state index is 12.6. The fourth-order valence-corrected chi connectivity index (χ4v) is 3.33. The molecule has 0 radical (unpaired) electrons. The SMILES string of the molecule is CCc1ccc(Nc2nc3cc(NC(=O)c4ccc(C(C)(C)C)cc4)ccc3o2)cc1. The maximum atomic E-state index is 12.6. The third kappa shape index (κ3) is 4.77. The summed E-state index contributed by atoms with van der Waals surface area (Å²) < 4.78 is 5.78. The number of aromatic nitrogens is 1. The van der Waals surface area contributed by atoms with E-state index in [1.54, 1.807) is 0 Å². The van der Waals surface area contributed by atoms with Gasteiger partial charge in [-0.25, -0.2) is 0 Å². The number of anilines is 3. The van der Waals surface area contributed by atoms with Gasteiger partial charge >= 0.3 is 0 Å². The van der Waals surface area contributed by atoms with Gasteiger partial charge in [0.15, 0.2) is 5.58 Å². The summed E-state index contributed by atoms with van der Waals surface area (Å²) in [6, 6.07) is 21.7. The molecule has 1 aromatic heterocycles. The zero-order valence-corrected chi connectivity index (χ0v) is 18.3. The van der Waals surface area contributed by atoms with Crippen LogP contribution in [0.4, 0.5) is 17.4 Å². The molecule has 158 valence electrons. The van der Waals surface area contributed by atoms with Crippen LogP contribution in [0.15, 0.2) is 71.1 Å². The molecule has 4 rings (SSSR count). The Morgan fingerprint density at radius 2 is 1.61 bits per heavy atom. The number of hydrogen-bond donors (Lipinski definition) is 2. The van der Waals surface area contributed by atoms with E-state index in [1.165, 1.54) is 11.1 Å². The first kappa shape index (κ1) is 20.7. The maximum Gasteiger partial charge on any atom is 0.300 e. The summed E-state index contributed by atoms with van der Waals surface area (Å²) in [5.74, 6) is -0.155. The minimum atomic E-state index is -0.155. The Morgan fingerprint density at radius 1 is 0.935 bits per heavy atom. The van der Waals surface area contributed by atoms with Crippen LogP contribution >= 0.6 is 0 Å². The molecule has 1 heterocycles. The molecule has 5 nitrogen and oxygen atoms in total. The quantitative estimate of drug-likeness (QED) is 0.383. The number of hydrogen-bond acceptors (Lipinski definition) is 4. The van der Waals surface area contributed by atoms with Gasteiger partial charge in [0.1, 0.15) is 5.52 Å². The van der Waals surface area contributed by atoms with Gasteiger partial charge in [0.05, 0.1) is 0 Å². The number of fused-ring (bicyclic) bond motifs is 1. The minimum absolute atomic E-state index is 0.0524. The van der Waals surface area contributed by atoms with Gasteiger partial charge < -0.3 is 15.1 Å². The van der Waals surface area contributed by atoms with Crippen molar-refractivity contribution >= 4 is 34.4 Å². The summed E-state index contributed by atoms with van der Waals surface area (Å²) in [6.45, 7) is 8.58. The number of nitrogens with zero attached hydrogens (tertiary/aromatic N) is 1. The van der Waals surface area contributed by atoms with E-state index in [0.29, 0.717) is 28.4 Å². The van der Waals surface area contributed by atoms with Crippen molar-refractivity contribution in [1.29, 1.82) is 0 Å². The predicted octanol–water partition coefficient (Wildman–Crippen LogP) is 6.68.